The van der Waals surface area contributed by atoms with Crippen LogP contribution in [0.25, 0.3) is 0 Å². The molecule has 0 spiro atoms. The number of aromatic nitrogens is 1. The van der Waals surface area contributed by atoms with Gasteiger partial charge in [-0.15, -0.1) is 11.3 Å². The van der Waals surface area contributed by atoms with Crippen LogP contribution in [0.4, 0.5) is 0 Å². The monoisotopic (exact) mass is 296 g/mol. The van der Waals surface area contributed by atoms with Crippen molar-refractivity contribution in [3.63, 3.8) is 0 Å². The number of rotatable bonds is 6. The molecule has 102 valence electrons. The molecule has 1 aromatic heterocycles. The van der Waals surface area contributed by atoms with E-state index in [4.69, 9.17) is 16.3 Å². The van der Waals surface area contributed by atoms with Crippen LogP contribution < -0.4 is 10.1 Å². The Morgan fingerprint density at radius 3 is 2.95 bits per heavy atom. The predicted octanol–water partition coefficient (Wildman–Crippen LogP) is 3.87. The summed E-state index contributed by atoms with van der Waals surface area (Å²) < 4.78 is 5.82. The molecule has 0 atom stereocenters. The van der Waals surface area contributed by atoms with E-state index in [9.17, 15) is 0 Å². The van der Waals surface area contributed by atoms with Crippen LogP contribution in [-0.2, 0) is 13.2 Å². The highest BCUT2D eigenvalue weighted by molar-refractivity contribution is 7.07. The van der Waals surface area contributed by atoms with Crippen molar-refractivity contribution in [3.05, 3.63) is 45.4 Å². The van der Waals surface area contributed by atoms with E-state index < -0.39 is 0 Å². The molecule has 1 N–H and O–H groups in total. The number of nitrogens with zero attached hydrogens (tertiary/aromatic N) is 1. The third kappa shape index (κ3) is 4.20. The minimum absolute atomic E-state index is 0.422. The lowest BCUT2D eigenvalue weighted by Crippen LogP contribution is -2.22. The van der Waals surface area contributed by atoms with E-state index >= 15 is 0 Å². The summed E-state index contributed by atoms with van der Waals surface area (Å²) in [7, 11) is 0. The van der Waals surface area contributed by atoms with Gasteiger partial charge in [-0.05, 0) is 6.07 Å². The Labute approximate surface area is 122 Å². The summed E-state index contributed by atoms with van der Waals surface area (Å²) in [5, 5.41) is 5.98. The molecule has 19 heavy (non-hydrogen) atoms. The number of benzene rings is 1. The predicted molar refractivity (Wildman–Crippen MR) is 79.9 cm³/mol. The minimum Gasteiger partial charge on any atom is -0.485 e. The largest absolute Gasteiger partial charge is 0.485 e. The van der Waals surface area contributed by atoms with Crippen molar-refractivity contribution in [1.29, 1.82) is 0 Å². The molecular formula is C14H17ClN2OS. The van der Waals surface area contributed by atoms with Crippen molar-refractivity contribution in [2.45, 2.75) is 33.0 Å². The maximum Gasteiger partial charge on any atom is 0.142 e. The average molecular weight is 297 g/mol. The van der Waals surface area contributed by atoms with E-state index in [2.05, 4.69) is 24.1 Å². The van der Waals surface area contributed by atoms with Crippen LogP contribution in [0.3, 0.4) is 0 Å². The fourth-order valence-electron chi connectivity index (χ4n) is 1.62. The van der Waals surface area contributed by atoms with Gasteiger partial charge in [0.1, 0.15) is 12.4 Å². The van der Waals surface area contributed by atoms with Crippen molar-refractivity contribution in [2.24, 2.45) is 0 Å². The summed E-state index contributed by atoms with van der Waals surface area (Å²) in [4.78, 5) is 4.20. The molecule has 0 saturated heterocycles. The Bertz CT molecular complexity index is 514. The molecule has 0 amide bonds. The molecule has 2 aromatic rings. The highest BCUT2D eigenvalue weighted by atomic mass is 35.5. The van der Waals surface area contributed by atoms with Gasteiger partial charge in [0.15, 0.2) is 0 Å². The topological polar surface area (TPSA) is 34.1 Å². The fourth-order valence-corrected chi connectivity index (χ4v) is 2.42. The number of hydrogen-bond acceptors (Lipinski definition) is 4. The molecule has 0 radical (unpaired) electrons. The van der Waals surface area contributed by atoms with Crippen LogP contribution >= 0.6 is 22.9 Å². The zero-order valence-electron chi connectivity index (χ0n) is 11.0. The maximum absolute atomic E-state index is 6.21. The van der Waals surface area contributed by atoms with Gasteiger partial charge in [0.2, 0.25) is 0 Å². The fraction of sp³-hybridized carbons (Fsp3) is 0.357. The van der Waals surface area contributed by atoms with Crippen LogP contribution in [-0.4, -0.2) is 11.0 Å². The van der Waals surface area contributed by atoms with Gasteiger partial charge in [-0.2, -0.15) is 0 Å². The zero-order chi connectivity index (χ0) is 13.7. The Hall–Kier alpha value is -1.10. The molecule has 0 saturated carbocycles. The third-order valence-electron chi connectivity index (χ3n) is 2.60. The maximum atomic E-state index is 6.21. The van der Waals surface area contributed by atoms with Gasteiger partial charge in [0.25, 0.3) is 0 Å². The first-order chi connectivity index (χ1) is 9.16. The smallest absolute Gasteiger partial charge is 0.142 e. The molecule has 0 bridgehead atoms. The lowest BCUT2D eigenvalue weighted by atomic mass is 10.2. The summed E-state index contributed by atoms with van der Waals surface area (Å²) in [5.41, 5.74) is 3.79. The highest BCUT2D eigenvalue weighted by Gasteiger charge is 2.09. The molecule has 0 aliphatic rings. The van der Waals surface area contributed by atoms with Crippen LogP contribution in [0, 0.1) is 0 Å². The van der Waals surface area contributed by atoms with Gasteiger partial charge in [-0.25, -0.2) is 4.98 Å². The second-order valence-electron chi connectivity index (χ2n) is 4.53. The zero-order valence-corrected chi connectivity index (χ0v) is 12.6. The number of ether oxygens (including phenoxy) is 1. The summed E-state index contributed by atoms with van der Waals surface area (Å²) in [6.45, 7) is 5.41. The first-order valence-electron chi connectivity index (χ1n) is 6.17. The molecule has 1 heterocycles. The molecule has 5 heteroatoms. The lowest BCUT2D eigenvalue weighted by Gasteiger charge is -2.14. The third-order valence-corrected chi connectivity index (χ3v) is 3.53. The molecule has 3 nitrogen and oxygen atoms in total. The molecule has 1 aromatic carbocycles. The molecule has 0 unspecified atom stereocenters. The van der Waals surface area contributed by atoms with Crippen LogP contribution in [0.2, 0.25) is 5.02 Å². The van der Waals surface area contributed by atoms with E-state index in [1.807, 2.05) is 23.6 Å². The van der Waals surface area contributed by atoms with Gasteiger partial charge < -0.3 is 10.1 Å². The highest BCUT2D eigenvalue weighted by Crippen LogP contribution is 2.29. The van der Waals surface area contributed by atoms with E-state index in [0.717, 1.165) is 23.6 Å². The quantitative estimate of drug-likeness (QED) is 0.878. The Morgan fingerprint density at radius 1 is 1.42 bits per heavy atom. The summed E-state index contributed by atoms with van der Waals surface area (Å²) >= 11 is 7.78. The second kappa shape index (κ2) is 6.89. The van der Waals surface area contributed by atoms with Gasteiger partial charge in [0, 0.05) is 23.5 Å². The van der Waals surface area contributed by atoms with E-state index in [0.29, 0.717) is 17.7 Å². The summed E-state index contributed by atoms with van der Waals surface area (Å²) in [6.07, 6.45) is 0. The molecule has 0 aliphatic carbocycles. The van der Waals surface area contributed by atoms with E-state index in [1.54, 1.807) is 16.8 Å². The number of halogens is 1. The Kier molecular flexibility index (Phi) is 5.19. The second-order valence-corrected chi connectivity index (χ2v) is 5.66. The van der Waals surface area contributed by atoms with E-state index in [-0.39, 0.29) is 0 Å². The molecular weight excluding hydrogens is 280 g/mol. The first kappa shape index (κ1) is 14.3. The number of nitrogens with one attached hydrogen (secondary N) is 1. The molecule has 2 rings (SSSR count). The van der Waals surface area contributed by atoms with Crippen molar-refractivity contribution in [1.82, 2.24) is 10.3 Å². The lowest BCUT2D eigenvalue weighted by molar-refractivity contribution is 0.298. The molecule has 0 aliphatic heterocycles. The first-order valence-corrected chi connectivity index (χ1v) is 7.49. The SMILES string of the molecule is CC(C)NCc1cccc(Cl)c1OCc1cscn1. The van der Waals surface area contributed by atoms with Crippen molar-refractivity contribution < 1.29 is 4.74 Å². The van der Waals surface area contributed by atoms with E-state index in [1.165, 1.54) is 0 Å². The molecule has 0 fully saturated rings. The van der Waals surface area contributed by atoms with Crippen molar-refractivity contribution in [2.75, 3.05) is 0 Å². The normalized spacial score (nSPS) is 10.9. The minimum atomic E-state index is 0.422. The van der Waals surface area contributed by atoms with Crippen molar-refractivity contribution in [3.8, 4) is 5.75 Å². The van der Waals surface area contributed by atoms with Crippen LogP contribution in [0.15, 0.2) is 29.1 Å². The van der Waals surface area contributed by atoms with Gasteiger partial charge in [-0.1, -0.05) is 37.6 Å². The Morgan fingerprint density at radius 2 is 2.26 bits per heavy atom. The number of hydrogen-bond donors (Lipinski definition) is 1. The standard InChI is InChI=1S/C14H17ClN2OS/c1-10(2)16-6-11-4-3-5-13(15)14(11)18-7-12-8-19-9-17-12/h3-5,8-10,16H,6-7H2,1-2H3. The summed E-state index contributed by atoms with van der Waals surface area (Å²) in [5.74, 6) is 0.741. The van der Waals surface area contributed by atoms with Gasteiger partial charge >= 0.3 is 0 Å². The number of thiazole rings is 1. The van der Waals surface area contributed by atoms with Gasteiger partial charge in [-0.3, -0.25) is 0 Å². The number of para-hydroxylation sites is 1. The van der Waals surface area contributed by atoms with Crippen LogP contribution in [0.1, 0.15) is 25.1 Å². The van der Waals surface area contributed by atoms with Gasteiger partial charge in [0.05, 0.1) is 16.2 Å². The van der Waals surface area contributed by atoms with Crippen LogP contribution in [0.5, 0.6) is 5.75 Å². The average Bonchev–Trinajstić information content (AvgIpc) is 2.88. The summed E-state index contributed by atoms with van der Waals surface area (Å²) in [6, 6.07) is 6.23. The van der Waals surface area contributed by atoms with Crippen molar-refractivity contribution >= 4 is 22.9 Å². The Balaban J connectivity index is 2.08.